The van der Waals surface area contributed by atoms with Crippen LogP contribution in [0.2, 0.25) is 5.15 Å². The fourth-order valence-electron chi connectivity index (χ4n) is 3.24. The lowest BCUT2D eigenvalue weighted by atomic mass is 10.1. The average Bonchev–Trinajstić information content (AvgIpc) is 3.06. The molecule has 0 bridgehead atoms. The van der Waals surface area contributed by atoms with Crippen molar-refractivity contribution in [2.45, 2.75) is 26.9 Å². The molecule has 0 aliphatic carbocycles. The van der Waals surface area contributed by atoms with Crippen LogP contribution in [0, 0.1) is 13.8 Å². The van der Waals surface area contributed by atoms with Gasteiger partial charge in [0.25, 0.3) is 5.91 Å². The largest absolute Gasteiger partial charge is 0.496 e. The molecule has 168 valence electrons. The highest BCUT2D eigenvalue weighted by Crippen LogP contribution is 2.22. The number of aryl methyl sites for hydroxylation is 2. The standard InChI is InChI=1S/C24H26ClN3O4/c1-16-9-11-18(12-10-16)13-28-23(25)22(17(2)26-28)24(30)32-15-21(29)27(3)14-19-7-5-6-8-20(19)31-4/h5-12H,13-15H2,1-4H3. The van der Waals surface area contributed by atoms with Gasteiger partial charge in [0.2, 0.25) is 0 Å². The lowest BCUT2D eigenvalue weighted by Crippen LogP contribution is -2.31. The van der Waals surface area contributed by atoms with Crippen molar-refractivity contribution in [1.82, 2.24) is 14.7 Å². The van der Waals surface area contributed by atoms with E-state index in [1.807, 2.05) is 55.5 Å². The molecule has 8 heteroatoms. The molecule has 7 nitrogen and oxygen atoms in total. The van der Waals surface area contributed by atoms with E-state index >= 15 is 0 Å². The Morgan fingerprint density at radius 3 is 2.47 bits per heavy atom. The predicted molar refractivity (Wildman–Crippen MR) is 122 cm³/mol. The summed E-state index contributed by atoms with van der Waals surface area (Å²) >= 11 is 6.41. The van der Waals surface area contributed by atoms with E-state index in [4.69, 9.17) is 21.1 Å². The van der Waals surface area contributed by atoms with Gasteiger partial charge in [-0.25, -0.2) is 9.48 Å². The first-order chi connectivity index (χ1) is 15.3. The van der Waals surface area contributed by atoms with E-state index in [-0.39, 0.29) is 16.6 Å². The topological polar surface area (TPSA) is 73.7 Å². The Morgan fingerprint density at radius 1 is 1.09 bits per heavy atom. The Bertz CT molecular complexity index is 1110. The number of methoxy groups -OCH3 is 1. The van der Waals surface area contributed by atoms with Crippen LogP contribution in [0.15, 0.2) is 48.5 Å². The molecule has 0 aliphatic heterocycles. The van der Waals surface area contributed by atoms with E-state index in [9.17, 15) is 9.59 Å². The maximum atomic E-state index is 12.6. The number of carbonyl (C=O) groups is 2. The molecule has 0 saturated heterocycles. The molecule has 1 heterocycles. The molecule has 32 heavy (non-hydrogen) atoms. The molecule has 0 fully saturated rings. The minimum absolute atomic E-state index is 0.166. The van der Waals surface area contributed by atoms with Crippen LogP contribution in [0.1, 0.15) is 32.7 Å². The molecular formula is C24H26ClN3O4. The van der Waals surface area contributed by atoms with Gasteiger partial charge in [-0.1, -0.05) is 59.6 Å². The SMILES string of the molecule is COc1ccccc1CN(C)C(=O)COC(=O)c1c(C)nn(Cc2ccc(C)cc2)c1Cl. The Kier molecular flexibility index (Phi) is 7.53. The van der Waals surface area contributed by atoms with Gasteiger partial charge < -0.3 is 14.4 Å². The molecule has 2 aromatic carbocycles. The van der Waals surface area contributed by atoms with Gasteiger partial charge in [-0.15, -0.1) is 0 Å². The molecule has 0 N–H and O–H groups in total. The van der Waals surface area contributed by atoms with Crippen molar-refractivity contribution >= 4 is 23.5 Å². The number of rotatable bonds is 8. The van der Waals surface area contributed by atoms with E-state index in [0.29, 0.717) is 24.5 Å². The van der Waals surface area contributed by atoms with Crippen molar-refractivity contribution in [2.75, 3.05) is 20.8 Å². The monoisotopic (exact) mass is 455 g/mol. The van der Waals surface area contributed by atoms with Gasteiger partial charge in [0.15, 0.2) is 6.61 Å². The van der Waals surface area contributed by atoms with Crippen LogP contribution in [0.5, 0.6) is 5.75 Å². The van der Waals surface area contributed by atoms with Crippen molar-refractivity contribution in [3.8, 4) is 5.75 Å². The second kappa shape index (κ2) is 10.3. The number of halogens is 1. The summed E-state index contributed by atoms with van der Waals surface area (Å²) in [6.45, 7) is 4.05. The Hall–Kier alpha value is -3.32. The van der Waals surface area contributed by atoms with Gasteiger partial charge in [0.1, 0.15) is 16.5 Å². The number of carbonyl (C=O) groups excluding carboxylic acids is 2. The number of esters is 1. The van der Waals surface area contributed by atoms with E-state index in [1.54, 1.807) is 25.8 Å². The molecule has 0 radical (unpaired) electrons. The summed E-state index contributed by atoms with van der Waals surface area (Å²) in [7, 11) is 3.22. The van der Waals surface area contributed by atoms with Crippen LogP contribution >= 0.6 is 11.6 Å². The maximum absolute atomic E-state index is 12.6. The van der Waals surface area contributed by atoms with Crippen LogP contribution in [0.4, 0.5) is 0 Å². The third-order valence-corrected chi connectivity index (χ3v) is 5.46. The third-order valence-electron chi connectivity index (χ3n) is 5.08. The zero-order chi connectivity index (χ0) is 23.3. The lowest BCUT2D eigenvalue weighted by molar-refractivity contribution is -0.133. The van der Waals surface area contributed by atoms with Crippen LogP contribution in [0.25, 0.3) is 0 Å². The van der Waals surface area contributed by atoms with Crippen molar-refractivity contribution < 1.29 is 19.1 Å². The van der Waals surface area contributed by atoms with Crippen LogP contribution < -0.4 is 4.74 Å². The molecule has 0 aliphatic rings. The van der Waals surface area contributed by atoms with Gasteiger partial charge in [0.05, 0.1) is 19.3 Å². The van der Waals surface area contributed by atoms with E-state index < -0.39 is 12.6 Å². The molecule has 3 rings (SSSR count). The summed E-state index contributed by atoms with van der Waals surface area (Å²) in [5.41, 5.74) is 3.63. The minimum atomic E-state index is -0.679. The molecule has 0 saturated carbocycles. The first-order valence-corrected chi connectivity index (χ1v) is 10.5. The molecule has 1 amide bonds. The Balaban J connectivity index is 1.62. The Morgan fingerprint density at radius 2 is 1.78 bits per heavy atom. The van der Waals surface area contributed by atoms with Gasteiger partial charge in [-0.3, -0.25) is 4.79 Å². The van der Waals surface area contributed by atoms with E-state index in [0.717, 1.165) is 16.7 Å². The second-order valence-electron chi connectivity index (χ2n) is 7.53. The minimum Gasteiger partial charge on any atom is -0.496 e. The zero-order valence-corrected chi connectivity index (χ0v) is 19.3. The van der Waals surface area contributed by atoms with E-state index in [1.165, 1.54) is 4.90 Å². The first-order valence-electron chi connectivity index (χ1n) is 10.1. The van der Waals surface area contributed by atoms with Gasteiger partial charge in [-0.05, 0) is 25.5 Å². The van der Waals surface area contributed by atoms with Crippen LogP contribution in [-0.4, -0.2) is 47.3 Å². The summed E-state index contributed by atoms with van der Waals surface area (Å²) < 4.78 is 12.1. The molecule has 0 unspecified atom stereocenters. The highest BCUT2D eigenvalue weighted by Gasteiger charge is 2.23. The lowest BCUT2D eigenvalue weighted by Gasteiger charge is -2.18. The number of hydrogen-bond acceptors (Lipinski definition) is 5. The molecular weight excluding hydrogens is 430 g/mol. The van der Waals surface area contributed by atoms with Gasteiger partial charge >= 0.3 is 5.97 Å². The van der Waals surface area contributed by atoms with Crippen molar-refractivity contribution in [1.29, 1.82) is 0 Å². The number of likely N-dealkylation sites (N-methyl/N-ethyl adjacent to an activating group) is 1. The quantitative estimate of drug-likeness (QED) is 0.479. The molecule has 1 aromatic heterocycles. The van der Waals surface area contributed by atoms with Crippen LogP contribution in [-0.2, 0) is 22.6 Å². The molecule has 0 atom stereocenters. The van der Waals surface area contributed by atoms with Crippen molar-refractivity contribution in [3.63, 3.8) is 0 Å². The summed E-state index contributed by atoms with van der Waals surface area (Å²) in [5, 5.41) is 4.54. The van der Waals surface area contributed by atoms with Crippen LogP contribution in [0.3, 0.4) is 0 Å². The highest BCUT2D eigenvalue weighted by atomic mass is 35.5. The number of nitrogens with zero attached hydrogens (tertiary/aromatic N) is 3. The fraction of sp³-hybridized carbons (Fsp3) is 0.292. The van der Waals surface area contributed by atoms with Crippen molar-refractivity contribution in [2.24, 2.45) is 0 Å². The maximum Gasteiger partial charge on any atom is 0.343 e. The number of ether oxygens (including phenoxy) is 2. The number of benzene rings is 2. The summed E-state index contributed by atoms with van der Waals surface area (Å²) in [6.07, 6.45) is 0. The summed E-state index contributed by atoms with van der Waals surface area (Å²) in [4.78, 5) is 26.6. The highest BCUT2D eigenvalue weighted by molar-refractivity contribution is 6.32. The van der Waals surface area contributed by atoms with Crippen molar-refractivity contribution in [3.05, 3.63) is 81.6 Å². The number of amides is 1. The number of aromatic nitrogens is 2. The Labute approximate surface area is 192 Å². The third kappa shape index (κ3) is 5.48. The fourth-order valence-corrected chi connectivity index (χ4v) is 3.55. The zero-order valence-electron chi connectivity index (χ0n) is 18.6. The first kappa shape index (κ1) is 23.3. The normalized spacial score (nSPS) is 10.7. The number of hydrogen-bond donors (Lipinski definition) is 0. The average molecular weight is 456 g/mol. The summed E-state index contributed by atoms with van der Waals surface area (Å²) in [5.74, 6) is -0.334. The van der Waals surface area contributed by atoms with E-state index in [2.05, 4.69) is 5.10 Å². The molecule has 0 spiro atoms. The molecule has 3 aromatic rings. The van der Waals surface area contributed by atoms with Gasteiger partial charge in [-0.2, -0.15) is 5.10 Å². The van der Waals surface area contributed by atoms with Gasteiger partial charge in [0, 0.05) is 19.2 Å². The second-order valence-corrected chi connectivity index (χ2v) is 7.89. The smallest absolute Gasteiger partial charge is 0.343 e. The predicted octanol–water partition coefficient (Wildman–Crippen LogP) is 4.03. The number of para-hydroxylation sites is 1. The summed E-state index contributed by atoms with van der Waals surface area (Å²) in [6, 6.07) is 15.4.